The van der Waals surface area contributed by atoms with Crippen molar-refractivity contribution in [1.29, 1.82) is 0 Å². The lowest BCUT2D eigenvalue weighted by Crippen LogP contribution is -2.42. The van der Waals surface area contributed by atoms with Crippen LogP contribution in [0.4, 0.5) is 0 Å². The maximum atomic E-state index is 5.19. The highest BCUT2D eigenvalue weighted by Crippen LogP contribution is 1.82. The molecular formula is C3H12N2OSi. The molecule has 0 heterocycles. The van der Waals surface area contributed by atoms with Gasteiger partial charge in [-0.2, -0.15) is 0 Å². The molecule has 0 aliphatic heterocycles. The molecule has 0 atom stereocenters. The standard InChI is InChI=1S/C3H12N2OSi/c1-3(2)6-7(4)5/h3,7H,4-5H2,1-2H3. The van der Waals surface area contributed by atoms with Gasteiger partial charge in [0.05, 0.1) is 0 Å². The van der Waals surface area contributed by atoms with Gasteiger partial charge in [0.15, 0.2) is 0 Å². The Morgan fingerprint density at radius 2 is 1.86 bits per heavy atom. The van der Waals surface area contributed by atoms with Crippen LogP contribution in [0.3, 0.4) is 0 Å². The van der Waals surface area contributed by atoms with Gasteiger partial charge in [-0.1, -0.05) is 0 Å². The van der Waals surface area contributed by atoms with Gasteiger partial charge in [0.25, 0.3) is 0 Å². The Labute approximate surface area is 45.5 Å². The summed E-state index contributed by atoms with van der Waals surface area (Å²) in [6.07, 6.45) is 0.187. The lowest BCUT2D eigenvalue weighted by Gasteiger charge is -2.07. The summed E-state index contributed by atoms with van der Waals surface area (Å²) in [4.78, 5) is 0. The molecule has 4 heteroatoms. The van der Waals surface area contributed by atoms with E-state index in [9.17, 15) is 0 Å². The monoisotopic (exact) mass is 120 g/mol. The molecular weight excluding hydrogens is 108 g/mol. The van der Waals surface area contributed by atoms with Crippen LogP contribution in [0.1, 0.15) is 13.8 Å². The maximum absolute atomic E-state index is 5.19. The smallest absolute Gasteiger partial charge is 0.329 e. The maximum Gasteiger partial charge on any atom is 0.329 e. The van der Waals surface area contributed by atoms with E-state index in [4.69, 9.17) is 15.2 Å². The molecule has 0 aliphatic rings. The minimum absolute atomic E-state index is 0.187. The molecule has 7 heavy (non-hydrogen) atoms. The van der Waals surface area contributed by atoms with Crippen LogP contribution in [-0.2, 0) is 4.43 Å². The Bertz CT molecular complexity index is 42.2. The molecule has 0 fully saturated rings. The van der Waals surface area contributed by atoms with Gasteiger partial charge in [0.1, 0.15) is 0 Å². The quantitative estimate of drug-likeness (QED) is 0.462. The van der Waals surface area contributed by atoms with E-state index in [1.807, 2.05) is 13.8 Å². The molecule has 44 valence electrons. The van der Waals surface area contributed by atoms with Gasteiger partial charge in [-0.05, 0) is 13.8 Å². The lowest BCUT2D eigenvalue weighted by molar-refractivity contribution is 0.242. The molecule has 0 radical (unpaired) electrons. The molecule has 0 amide bonds. The Morgan fingerprint density at radius 3 is 1.86 bits per heavy atom. The zero-order valence-electron chi connectivity index (χ0n) is 4.72. The Hall–Kier alpha value is 0.0969. The van der Waals surface area contributed by atoms with Crippen LogP contribution in [0, 0.1) is 0 Å². The molecule has 0 bridgehead atoms. The van der Waals surface area contributed by atoms with E-state index in [1.54, 1.807) is 0 Å². The van der Waals surface area contributed by atoms with Gasteiger partial charge in [-0.15, -0.1) is 0 Å². The predicted octanol–water partition coefficient (Wildman–Crippen LogP) is -0.954. The first-order chi connectivity index (χ1) is 3.13. The normalized spacial score (nSPS) is 11.1. The molecule has 0 aliphatic carbocycles. The third kappa shape index (κ3) is 6.10. The van der Waals surface area contributed by atoms with Crippen molar-refractivity contribution in [3.63, 3.8) is 0 Å². The van der Waals surface area contributed by atoms with Gasteiger partial charge >= 0.3 is 9.36 Å². The molecule has 0 spiro atoms. The Kier molecular flexibility index (Phi) is 3.19. The van der Waals surface area contributed by atoms with E-state index in [2.05, 4.69) is 0 Å². The van der Waals surface area contributed by atoms with Gasteiger partial charge in [0, 0.05) is 6.10 Å². The average Bonchev–Trinajstić information content (AvgIpc) is 1.27. The Balaban J connectivity index is 2.95. The summed E-state index contributed by atoms with van der Waals surface area (Å²) in [6, 6.07) is 0. The van der Waals surface area contributed by atoms with Crippen LogP contribution in [-0.4, -0.2) is 15.5 Å². The molecule has 4 N–H and O–H groups in total. The second-order valence-corrected chi connectivity index (χ2v) is 2.85. The minimum Gasteiger partial charge on any atom is -0.392 e. The van der Waals surface area contributed by atoms with Gasteiger partial charge < -0.3 is 15.2 Å². The van der Waals surface area contributed by atoms with Crippen LogP contribution >= 0.6 is 0 Å². The fourth-order valence-corrected chi connectivity index (χ4v) is 0.943. The van der Waals surface area contributed by atoms with Crippen molar-refractivity contribution >= 4 is 9.36 Å². The van der Waals surface area contributed by atoms with Crippen molar-refractivity contribution in [1.82, 2.24) is 0 Å². The summed E-state index contributed by atoms with van der Waals surface area (Å²) in [5.74, 6) is 0. The third-order valence-electron chi connectivity index (χ3n) is 0.429. The first-order valence-electron chi connectivity index (χ1n) is 2.29. The van der Waals surface area contributed by atoms with Crippen molar-refractivity contribution in [2.24, 2.45) is 10.8 Å². The van der Waals surface area contributed by atoms with Gasteiger partial charge in [-0.3, -0.25) is 0 Å². The second kappa shape index (κ2) is 3.14. The first kappa shape index (κ1) is 7.10. The van der Waals surface area contributed by atoms with E-state index in [1.165, 1.54) is 0 Å². The summed E-state index contributed by atoms with van der Waals surface area (Å²) < 4.78 is 4.94. The first-order valence-corrected chi connectivity index (χ1v) is 4.10. The van der Waals surface area contributed by atoms with Crippen molar-refractivity contribution in [2.75, 3.05) is 0 Å². The van der Waals surface area contributed by atoms with E-state index < -0.39 is 9.36 Å². The van der Waals surface area contributed by atoms with Gasteiger partial charge in [0.2, 0.25) is 0 Å². The zero-order chi connectivity index (χ0) is 5.86. The lowest BCUT2D eigenvalue weighted by atomic mass is 10.5. The highest BCUT2D eigenvalue weighted by molar-refractivity contribution is 6.43. The van der Waals surface area contributed by atoms with Crippen molar-refractivity contribution < 1.29 is 4.43 Å². The predicted molar refractivity (Wildman–Crippen MR) is 31.7 cm³/mol. The minimum atomic E-state index is -1.73. The highest BCUT2D eigenvalue weighted by atomic mass is 28.3. The molecule has 3 nitrogen and oxygen atoms in total. The molecule has 0 rings (SSSR count). The Morgan fingerprint density at radius 1 is 1.43 bits per heavy atom. The van der Waals surface area contributed by atoms with Crippen LogP contribution in [0.2, 0.25) is 0 Å². The summed E-state index contributed by atoms with van der Waals surface area (Å²) >= 11 is 0. The molecule has 0 saturated carbocycles. The number of hydrogen-bond acceptors (Lipinski definition) is 3. The molecule has 0 saturated heterocycles. The van der Waals surface area contributed by atoms with Crippen molar-refractivity contribution in [3.8, 4) is 0 Å². The topological polar surface area (TPSA) is 61.3 Å². The van der Waals surface area contributed by atoms with Crippen LogP contribution < -0.4 is 10.8 Å². The van der Waals surface area contributed by atoms with E-state index in [-0.39, 0.29) is 6.10 Å². The SMILES string of the molecule is CC(C)O[SiH](N)N. The molecule has 0 aromatic heterocycles. The highest BCUT2D eigenvalue weighted by Gasteiger charge is 1.98. The van der Waals surface area contributed by atoms with Gasteiger partial charge in [-0.25, -0.2) is 0 Å². The summed E-state index contributed by atoms with van der Waals surface area (Å²) in [6.45, 7) is 3.83. The van der Waals surface area contributed by atoms with Crippen LogP contribution in [0.25, 0.3) is 0 Å². The third-order valence-corrected chi connectivity index (χ3v) is 1.29. The van der Waals surface area contributed by atoms with Crippen molar-refractivity contribution in [2.45, 2.75) is 20.0 Å². The average molecular weight is 120 g/mol. The summed E-state index contributed by atoms with van der Waals surface area (Å²) in [5.41, 5.74) is 0. The zero-order valence-corrected chi connectivity index (χ0v) is 5.87. The van der Waals surface area contributed by atoms with Crippen LogP contribution in [0.15, 0.2) is 0 Å². The number of rotatable bonds is 2. The van der Waals surface area contributed by atoms with E-state index >= 15 is 0 Å². The molecule has 0 aromatic carbocycles. The molecule has 0 unspecified atom stereocenters. The van der Waals surface area contributed by atoms with E-state index in [0.29, 0.717) is 0 Å². The second-order valence-electron chi connectivity index (χ2n) is 1.65. The summed E-state index contributed by atoms with van der Waals surface area (Å²) in [7, 11) is -1.73. The van der Waals surface area contributed by atoms with Crippen LogP contribution in [0.5, 0.6) is 0 Å². The largest absolute Gasteiger partial charge is 0.392 e. The number of hydrogen-bond donors (Lipinski definition) is 2. The number of nitrogens with two attached hydrogens (primary N) is 2. The van der Waals surface area contributed by atoms with Crippen molar-refractivity contribution in [3.05, 3.63) is 0 Å². The molecule has 0 aromatic rings. The summed E-state index contributed by atoms with van der Waals surface area (Å²) in [5, 5.41) is 10.4. The van der Waals surface area contributed by atoms with E-state index in [0.717, 1.165) is 0 Å². The fraction of sp³-hybridized carbons (Fsp3) is 1.00. The fourth-order valence-electron chi connectivity index (χ4n) is 0.314.